The van der Waals surface area contributed by atoms with Crippen molar-refractivity contribution in [3.05, 3.63) is 35.4 Å². The molecule has 1 rings (SSSR count). The topological polar surface area (TPSA) is 55.1 Å². The second kappa shape index (κ2) is 5.23. The summed E-state index contributed by atoms with van der Waals surface area (Å²) in [5, 5.41) is 3.03. The van der Waals surface area contributed by atoms with E-state index in [9.17, 15) is 13.6 Å². The lowest BCUT2D eigenvalue weighted by molar-refractivity contribution is -0.119. The average molecular weight is 242 g/mol. The summed E-state index contributed by atoms with van der Waals surface area (Å²) in [6.45, 7) is 4.09. The first-order valence-corrected chi connectivity index (χ1v) is 5.37. The highest BCUT2D eigenvalue weighted by Crippen LogP contribution is 2.25. The molecule has 94 valence electrons. The van der Waals surface area contributed by atoms with Gasteiger partial charge in [0.25, 0.3) is 0 Å². The Morgan fingerprint density at radius 1 is 1.35 bits per heavy atom. The van der Waals surface area contributed by atoms with Crippen LogP contribution in [0.3, 0.4) is 0 Å². The minimum absolute atomic E-state index is 0.0241. The summed E-state index contributed by atoms with van der Waals surface area (Å²) < 4.78 is 26.3. The van der Waals surface area contributed by atoms with Gasteiger partial charge in [-0.1, -0.05) is 6.92 Å². The molecule has 1 amide bonds. The van der Waals surface area contributed by atoms with Crippen molar-refractivity contribution in [1.29, 1.82) is 0 Å². The number of halogens is 2. The van der Waals surface area contributed by atoms with Crippen molar-refractivity contribution in [1.82, 2.24) is 5.32 Å². The molecule has 0 aliphatic rings. The Balaban J connectivity index is 3.16. The number of nitrogens with one attached hydrogen (secondary N) is 1. The van der Waals surface area contributed by atoms with E-state index in [1.807, 2.05) is 6.92 Å². The van der Waals surface area contributed by atoms with Gasteiger partial charge in [-0.25, -0.2) is 8.78 Å². The number of carbonyl (C=O) groups is 1. The number of benzene rings is 1. The molecule has 0 radical (unpaired) electrons. The summed E-state index contributed by atoms with van der Waals surface area (Å²) in [5.74, 6) is -1.87. The number of nitrogens with two attached hydrogens (primary N) is 1. The van der Waals surface area contributed by atoms with E-state index in [-0.39, 0.29) is 6.42 Å². The minimum atomic E-state index is -0.858. The Morgan fingerprint density at radius 2 is 1.88 bits per heavy atom. The fourth-order valence-electron chi connectivity index (χ4n) is 1.88. The molecule has 3 N–H and O–H groups in total. The number of amides is 1. The monoisotopic (exact) mass is 242 g/mol. The van der Waals surface area contributed by atoms with Crippen molar-refractivity contribution >= 4 is 5.91 Å². The van der Waals surface area contributed by atoms with E-state index in [1.54, 1.807) is 6.92 Å². The maximum atomic E-state index is 13.2. The lowest BCUT2D eigenvalue weighted by Gasteiger charge is -2.30. The van der Waals surface area contributed by atoms with Crippen molar-refractivity contribution in [2.24, 2.45) is 5.73 Å². The Labute approximate surface area is 99.0 Å². The molecule has 0 aliphatic heterocycles. The van der Waals surface area contributed by atoms with Crippen LogP contribution in [-0.4, -0.2) is 12.5 Å². The van der Waals surface area contributed by atoms with Gasteiger partial charge in [0, 0.05) is 18.0 Å². The molecule has 0 aliphatic carbocycles. The SMILES string of the molecule is CCNC(C)(CC(N)=O)c1cc(F)cc(F)c1. The Hall–Kier alpha value is -1.49. The molecule has 0 spiro atoms. The Bertz CT molecular complexity index is 403. The number of hydrogen-bond donors (Lipinski definition) is 2. The van der Waals surface area contributed by atoms with E-state index in [1.165, 1.54) is 12.1 Å². The molecule has 1 atom stereocenters. The van der Waals surface area contributed by atoms with Gasteiger partial charge in [0.05, 0.1) is 0 Å². The van der Waals surface area contributed by atoms with E-state index in [0.29, 0.717) is 12.1 Å². The van der Waals surface area contributed by atoms with E-state index in [4.69, 9.17) is 5.73 Å². The summed E-state index contributed by atoms with van der Waals surface area (Å²) in [4.78, 5) is 11.0. The van der Waals surface area contributed by atoms with E-state index >= 15 is 0 Å². The summed E-state index contributed by atoms with van der Waals surface area (Å²) >= 11 is 0. The molecule has 17 heavy (non-hydrogen) atoms. The highest BCUT2D eigenvalue weighted by Gasteiger charge is 2.28. The first kappa shape index (κ1) is 13.6. The molecule has 1 unspecified atom stereocenters. The van der Waals surface area contributed by atoms with Crippen LogP contribution in [0.2, 0.25) is 0 Å². The molecule has 0 fully saturated rings. The van der Waals surface area contributed by atoms with Gasteiger partial charge in [-0.3, -0.25) is 4.79 Å². The largest absolute Gasteiger partial charge is 0.370 e. The fourth-order valence-corrected chi connectivity index (χ4v) is 1.88. The second-order valence-electron chi connectivity index (χ2n) is 4.16. The van der Waals surface area contributed by atoms with Crippen LogP contribution in [0, 0.1) is 11.6 Å². The van der Waals surface area contributed by atoms with Gasteiger partial charge in [0.1, 0.15) is 11.6 Å². The zero-order chi connectivity index (χ0) is 13.1. The smallest absolute Gasteiger partial charge is 0.219 e. The van der Waals surface area contributed by atoms with Gasteiger partial charge in [0.15, 0.2) is 0 Å². The fraction of sp³-hybridized carbons (Fsp3) is 0.417. The van der Waals surface area contributed by atoms with Crippen LogP contribution >= 0.6 is 0 Å². The van der Waals surface area contributed by atoms with Gasteiger partial charge in [-0.2, -0.15) is 0 Å². The number of rotatable bonds is 5. The Kier molecular flexibility index (Phi) is 4.17. The second-order valence-corrected chi connectivity index (χ2v) is 4.16. The first-order chi connectivity index (χ1) is 7.87. The summed E-state index contributed by atoms with van der Waals surface area (Å²) in [6, 6.07) is 3.20. The van der Waals surface area contributed by atoms with Crippen molar-refractivity contribution in [3.8, 4) is 0 Å². The van der Waals surface area contributed by atoms with Gasteiger partial charge >= 0.3 is 0 Å². The molecule has 0 heterocycles. The molecule has 1 aromatic rings. The predicted octanol–water partition coefficient (Wildman–Crippen LogP) is 1.66. The maximum Gasteiger partial charge on any atom is 0.219 e. The van der Waals surface area contributed by atoms with Gasteiger partial charge in [-0.15, -0.1) is 0 Å². The molecule has 5 heteroatoms. The van der Waals surface area contributed by atoms with Crippen molar-refractivity contribution in [3.63, 3.8) is 0 Å². The van der Waals surface area contributed by atoms with Crippen LogP contribution in [0.5, 0.6) is 0 Å². The molecule has 0 saturated carbocycles. The average Bonchev–Trinajstić information content (AvgIpc) is 2.14. The summed E-state index contributed by atoms with van der Waals surface area (Å²) in [7, 11) is 0. The third-order valence-electron chi connectivity index (χ3n) is 2.59. The molecule has 0 bridgehead atoms. The summed E-state index contributed by atoms with van der Waals surface area (Å²) in [5.41, 5.74) is 4.67. The molecule has 0 saturated heterocycles. The van der Waals surface area contributed by atoms with Crippen LogP contribution < -0.4 is 11.1 Å². The first-order valence-electron chi connectivity index (χ1n) is 5.37. The normalized spacial score (nSPS) is 14.4. The molecule has 1 aromatic carbocycles. The maximum absolute atomic E-state index is 13.2. The molecular weight excluding hydrogens is 226 g/mol. The number of primary amides is 1. The predicted molar refractivity (Wildman–Crippen MR) is 61.2 cm³/mol. The quantitative estimate of drug-likeness (QED) is 0.825. The van der Waals surface area contributed by atoms with Crippen molar-refractivity contribution in [2.75, 3.05) is 6.54 Å². The van der Waals surface area contributed by atoms with E-state index in [0.717, 1.165) is 6.07 Å². The third kappa shape index (κ3) is 3.49. The highest BCUT2D eigenvalue weighted by molar-refractivity contribution is 5.75. The third-order valence-corrected chi connectivity index (χ3v) is 2.59. The lowest BCUT2D eigenvalue weighted by atomic mass is 9.88. The zero-order valence-electron chi connectivity index (χ0n) is 9.89. The molecule has 3 nitrogen and oxygen atoms in total. The number of carbonyl (C=O) groups excluding carboxylic acids is 1. The van der Waals surface area contributed by atoms with Gasteiger partial charge in [0.2, 0.25) is 5.91 Å². The van der Waals surface area contributed by atoms with Gasteiger partial charge < -0.3 is 11.1 Å². The van der Waals surface area contributed by atoms with Crippen molar-refractivity contribution < 1.29 is 13.6 Å². The molecule has 0 aromatic heterocycles. The van der Waals surface area contributed by atoms with Crippen LogP contribution in [-0.2, 0) is 10.3 Å². The summed E-state index contributed by atoms with van der Waals surface area (Å²) in [6.07, 6.45) is -0.0241. The van der Waals surface area contributed by atoms with Crippen LogP contribution in [0.1, 0.15) is 25.8 Å². The van der Waals surface area contributed by atoms with Crippen molar-refractivity contribution in [2.45, 2.75) is 25.8 Å². The standard InChI is InChI=1S/C12H16F2N2O/c1-3-16-12(2,7-11(15)17)8-4-9(13)6-10(14)5-8/h4-6,16H,3,7H2,1-2H3,(H2,15,17). The Morgan fingerprint density at radius 3 is 2.29 bits per heavy atom. The molecular formula is C12H16F2N2O. The van der Waals surface area contributed by atoms with E-state index in [2.05, 4.69) is 5.32 Å². The van der Waals surface area contributed by atoms with E-state index < -0.39 is 23.1 Å². The number of hydrogen-bond acceptors (Lipinski definition) is 2. The van der Waals surface area contributed by atoms with Crippen LogP contribution in [0.15, 0.2) is 18.2 Å². The highest BCUT2D eigenvalue weighted by atomic mass is 19.1. The van der Waals surface area contributed by atoms with Crippen LogP contribution in [0.4, 0.5) is 8.78 Å². The lowest BCUT2D eigenvalue weighted by Crippen LogP contribution is -2.42. The van der Waals surface area contributed by atoms with Gasteiger partial charge in [-0.05, 0) is 31.2 Å². The zero-order valence-corrected chi connectivity index (χ0v) is 9.89. The minimum Gasteiger partial charge on any atom is -0.370 e. The van der Waals surface area contributed by atoms with Crippen LogP contribution in [0.25, 0.3) is 0 Å².